The van der Waals surface area contributed by atoms with Crippen LogP contribution in [0.1, 0.15) is 0 Å². The highest BCUT2D eigenvalue weighted by Crippen LogP contribution is 2.13. The first kappa shape index (κ1) is 18.7. The van der Waals surface area contributed by atoms with Crippen molar-refractivity contribution in [2.24, 2.45) is 0 Å². The first-order chi connectivity index (χ1) is 9.02. The fraction of sp³-hybridized carbons (Fsp3) is 0.778. The van der Waals surface area contributed by atoms with Gasteiger partial charge in [0.25, 0.3) is 0 Å². The summed E-state index contributed by atoms with van der Waals surface area (Å²) in [5.74, 6) is -3.85. The monoisotopic (exact) mass is 300 g/mol. The zero-order chi connectivity index (χ0) is 16.2. The minimum atomic E-state index is -2.49. The van der Waals surface area contributed by atoms with Crippen LogP contribution in [0.2, 0.25) is 0 Å². The molecule has 118 valence electrons. The molecule has 0 aromatic heterocycles. The predicted molar refractivity (Wildman–Crippen MR) is 57.3 cm³/mol. The standard InChI is InChI=1S/C9H16O11/c10-1(2(11)4(13)6(15)8(17)18)3(12)5(14)7(16)9(19)20/h1-7,10-16H,(H,17,18)(H,19,20). The predicted octanol–water partition coefficient (Wildman–Crippen LogP) is -5.32. The largest absolute Gasteiger partial charge is 0.479 e. The lowest BCUT2D eigenvalue weighted by Gasteiger charge is -2.30. The summed E-state index contributed by atoms with van der Waals surface area (Å²) in [4.78, 5) is 20.7. The van der Waals surface area contributed by atoms with Crippen LogP contribution in [0.15, 0.2) is 0 Å². The zero-order valence-electron chi connectivity index (χ0n) is 9.88. The summed E-state index contributed by atoms with van der Waals surface area (Å²) in [6.07, 6.45) is -17.1. The Morgan fingerprint density at radius 1 is 0.500 bits per heavy atom. The number of carboxylic acids is 2. The molecule has 20 heavy (non-hydrogen) atoms. The summed E-state index contributed by atoms with van der Waals surface area (Å²) in [6, 6.07) is 0. The highest BCUT2D eigenvalue weighted by Gasteiger charge is 2.42. The molecule has 0 amide bonds. The van der Waals surface area contributed by atoms with E-state index in [2.05, 4.69) is 0 Å². The van der Waals surface area contributed by atoms with Crippen LogP contribution in [0.4, 0.5) is 0 Å². The molecule has 6 atom stereocenters. The van der Waals surface area contributed by atoms with Crippen LogP contribution in [-0.4, -0.2) is 101 Å². The molecule has 0 aromatic rings. The molecule has 6 unspecified atom stereocenters. The molecule has 0 aliphatic rings. The average Bonchev–Trinajstić information content (AvgIpc) is 2.40. The van der Waals surface area contributed by atoms with Gasteiger partial charge < -0.3 is 46.0 Å². The fourth-order valence-corrected chi connectivity index (χ4v) is 1.27. The van der Waals surface area contributed by atoms with Crippen LogP contribution in [0.25, 0.3) is 0 Å². The van der Waals surface area contributed by atoms with Crippen molar-refractivity contribution in [1.29, 1.82) is 0 Å². The second-order valence-corrected chi connectivity index (χ2v) is 4.02. The van der Waals surface area contributed by atoms with Crippen LogP contribution in [0, 0.1) is 0 Å². The van der Waals surface area contributed by atoms with Crippen LogP contribution in [-0.2, 0) is 9.59 Å². The number of hydrogen-bond donors (Lipinski definition) is 9. The molecule has 0 saturated heterocycles. The molecule has 0 spiro atoms. The van der Waals surface area contributed by atoms with Crippen molar-refractivity contribution < 1.29 is 55.5 Å². The zero-order valence-corrected chi connectivity index (χ0v) is 9.88. The fourth-order valence-electron chi connectivity index (χ4n) is 1.27. The van der Waals surface area contributed by atoms with Crippen molar-refractivity contribution in [2.45, 2.75) is 42.7 Å². The smallest absolute Gasteiger partial charge is 0.335 e. The maximum absolute atomic E-state index is 10.3. The van der Waals surface area contributed by atoms with E-state index in [1.807, 2.05) is 0 Å². The second kappa shape index (κ2) is 7.44. The molecule has 0 saturated carbocycles. The summed E-state index contributed by atoms with van der Waals surface area (Å²) in [6.45, 7) is 0. The van der Waals surface area contributed by atoms with Crippen molar-refractivity contribution in [3.8, 4) is 0 Å². The van der Waals surface area contributed by atoms with Crippen molar-refractivity contribution in [3.05, 3.63) is 0 Å². The van der Waals surface area contributed by atoms with Crippen molar-refractivity contribution in [3.63, 3.8) is 0 Å². The van der Waals surface area contributed by atoms with Gasteiger partial charge in [0.1, 0.15) is 30.5 Å². The highest BCUT2D eigenvalue weighted by molar-refractivity contribution is 5.73. The van der Waals surface area contributed by atoms with Crippen LogP contribution < -0.4 is 0 Å². The summed E-state index contributed by atoms with van der Waals surface area (Å²) in [5, 5.41) is 81.0. The van der Waals surface area contributed by atoms with Gasteiger partial charge in [0.05, 0.1) is 0 Å². The van der Waals surface area contributed by atoms with Gasteiger partial charge in [0, 0.05) is 0 Å². The van der Waals surface area contributed by atoms with Crippen LogP contribution in [0.3, 0.4) is 0 Å². The molecule has 9 N–H and O–H groups in total. The van der Waals surface area contributed by atoms with Crippen LogP contribution in [0.5, 0.6) is 0 Å². The Labute approximate surface area is 111 Å². The van der Waals surface area contributed by atoms with Gasteiger partial charge in [-0.25, -0.2) is 9.59 Å². The maximum Gasteiger partial charge on any atom is 0.335 e. The van der Waals surface area contributed by atoms with E-state index in [1.54, 1.807) is 0 Å². The van der Waals surface area contributed by atoms with E-state index in [9.17, 15) is 35.1 Å². The Kier molecular flexibility index (Phi) is 6.95. The van der Waals surface area contributed by atoms with E-state index in [1.165, 1.54) is 0 Å². The highest BCUT2D eigenvalue weighted by atomic mass is 16.4. The summed E-state index contributed by atoms with van der Waals surface area (Å²) < 4.78 is 0. The van der Waals surface area contributed by atoms with E-state index in [4.69, 9.17) is 20.4 Å². The Hall–Kier alpha value is -1.34. The Bertz CT molecular complexity index is 313. The number of carboxylic acid groups (broad SMARTS) is 2. The van der Waals surface area contributed by atoms with E-state index in [0.717, 1.165) is 0 Å². The third kappa shape index (κ3) is 4.35. The lowest BCUT2D eigenvalue weighted by Crippen LogP contribution is -2.56. The number of aliphatic hydroxyl groups excluding tert-OH is 7. The third-order valence-electron chi connectivity index (χ3n) is 2.55. The maximum atomic E-state index is 10.3. The Balaban J connectivity index is 4.83. The summed E-state index contributed by atoms with van der Waals surface area (Å²) >= 11 is 0. The molecule has 0 fully saturated rings. The number of rotatable bonds is 8. The van der Waals surface area contributed by atoms with Gasteiger partial charge >= 0.3 is 11.9 Å². The lowest BCUT2D eigenvalue weighted by molar-refractivity contribution is -0.184. The van der Waals surface area contributed by atoms with Gasteiger partial charge in [-0.05, 0) is 0 Å². The van der Waals surface area contributed by atoms with Crippen molar-refractivity contribution in [2.75, 3.05) is 0 Å². The average molecular weight is 300 g/mol. The Morgan fingerprint density at radius 3 is 0.900 bits per heavy atom. The van der Waals surface area contributed by atoms with Crippen molar-refractivity contribution in [1.82, 2.24) is 0 Å². The minimum Gasteiger partial charge on any atom is -0.479 e. The minimum absolute atomic E-state index is 1.93. The normalized spacial score (nSPS) is 22.1. The number of aliphatic hydroxyl groups is 7. The number of hydrogen-bond acceptors (Lipinski definition) is 9. The quantitative estimate of drug-likeness (QED) is 0.206. The number of aliphatic carboxylic acids is 2. The van der Waals surface area contributed by atoms with Gasteiger partial charge in [0.15, 0.2) is 12.2 Å². The number of carbonyl (C=O) groups is 2. The molecular formula is C9H16O11. The molecule has 11 heteroatoms. The topological polar surface area (TPSA) is 216 Å². The molecule has 11 nitrogen and oxygen atoms in total. The van der Waals surface area contributed by atoms with E-state index in [0.29, 0.717) is 0 Å². The Morgan fingerprint density at radius 2 is 0.700 bits per heavy atom. The SMILES string of the molecule is O=C(O)C(O)C(O)C(O)C(O)C(O)C(O)C(O)C(=O)O. The summed E-state index contributed by atoms with van der Waals surface area (Å²) in [5.41, 5.74) is 0. The third-order valence-corrected chi connectivity index (χ3v) is 2.55. The van der Waals surface area contributed by atoms with E-state index < -0.39 is 54.7 Å². The van der Waals surface area contributed by atoms with Gasteiger partial charge in [0.2, 0.25) is 0 Å². The molecule has 0 radical (unpaired) electrons. The molecule has 0 aromatic carbocycles. The lowest BCUT2D eigenvalue weighted by atomic mass is 9.94. The molecule has 0 aliphatic carbocycles. The molecule has 0 bridgehead atoms. The van der Waals surface area contributed by atoms with Gasteiger partial charge in [-0.1, -0.05) is 0 Å². The van der Waals surface area contributed by atoms with Crippen LogP contribution >= 0.6 is 0 Å². The van der Waals surface area contributed by atoms with Gasteiger partial charge in [-0.2, -0.15) is 0 Å². The first-order valence-corrected chi connectivity index (χ1v) is 5.24. The van der Waals surface area contributed by atoms with E-state index >= 15 is 0 Å². The molecular weight excluding hydrogens is 284 g/mol. The van der Waals surface area contributed by atoms with E-state index in [-0.39, 0.29) is 0 Å². The molecule has 0 rings (SSSR count). The first-order valence-electron chi connectivity index (χ1n) is 5.24. The van der Waals surface area contributed by atoms with Gasteiger partial charge in [-0.15, -0.1) is 0 Å². The van der Waals surface area contributed by atoms with Crippen molar-refractivity contribution >= 4 is 11.9 Å². The molecule has 0 aliphatic heterocycles. The molecule has 0 heterocycles. The second-order valence-electron chi connectivity index (χ2n) is 4.02. The summed E-state index contributed by atoms with van der Waals surface area (Å²) in [7, 11) is 0. The van der Waals surface area contributed by atoms with Gasteiger partial charge in [-0.3, -0.25) is 0 Å².